The topological polar surface area (TPSA) is 59.0 Å². The van der Waals surface area contributed by atoms with Crippen molar-refractivity contribution < 1.29 is 9.18 Å². The highest BCUT2D eigenvalue weighted by Crippen LogP contribution is 2.25. The molecule has 1 amide bonds. The standard InChI is InChI=1S/C18H23FN4O.ClH/c1-4-23-16(9-15(22-23)11(2)3)18(24)21-14-6-5-12-10-20-8-7-13(12)17(14)19;/h5-6,9,11,20H,4,7-8,10H2,1-3H3,(H,21,24);1H. The van der Waals surface area contributed by atoms with Gasteiger partial charge in [0.2, 0.25) is 0 Å². The second-order valence-corrected chi connectivity index (χ2v) is 6.37. The highest BCUT2D eigenvalue weighted by atomic mass is 35.5. The monoisotopic (exact) mass is 366 g/mol. The quantitative estimate of drug-likeness (QED) is 0.870. The van der Waals surface area contributed by atoms with Gasteiger partial charge in [-0.2, -0.15) is 5.10 Å². The van der Waals surface area contributed by atoms with E-state index in [1.54, 1.807) is 16.8 Å². The zero-order chi connectivity index (χ0) is 17.3. The zero-order valence-corrected chi connectivity index (χ0v) is 15.5. The molecule has 0 atom stereocenters. The van der Waals surface area contributed by atoms with Crippen molar-refractivity contribution in [2.45, 2.75) is 46.2 Å². The molecule has 2 N–H and O–H groups in total. The largest absolute Gasteiger partial charge is 0.318 e. The number of halogens is 2. The number of carbonyl (C=O) groups is 1. The van der Waals surface area contributed by atoms with Gasteiger partial charge in [0.1, 0.15) is 11.5 Å². The van der Waals surface area contributed by atoms with Crippen LogP contribution in [0.3, 0.4) is 0 Å². The number of benzene rings is 1. The number of hydrogen-bond donors (Lipinski definition) is 2. The summed E-state index contributed by atoms with van der Waals surface area (Å²) in [6.07, 6.45) is 0.634. The van der Waals surface area contributed by atoms with Gasteiger partial charge in [-0.15, -0.1) is 12.4 Å². The van der Waals surface area contributed by atoms with Gasteiger partial charge < -0.3 is 10.6 Å². The van der Waals surface area contributed by atoms with E-state index >= 15 is 0 Å². The summed E-state index contributed by atoms with van der Waals surface area (Å²) in [5.41, 5.74) is 3.20. The number of aryl methyl sites for hydroxylation is 1. The zero-order valence-electron chi connectivity index (χ0n) is 14.7. The van der Waals surface area contributed by atoms with E-state index in [2.05, 4.69) is 15.7 Å². The summed E-state index contributed by atoms with van der Waals surface area (Å²) in [6.45, 7) is 8.00. The molecule has 1 aliphatic rings. The van der Waals surface area contributed by atoms with Gasteiger partial charge in [-0.1, -0.05) is 19.9 Å². The number of aromatic nitrogens is 2. The van der Waals surface area contributed by atoms with Crippen molar-refractivity contribution in [2.24, 2.45) is 0 Å². The van der Waals surface area contributed by atoms with Gasteiger partial charge in [0, 0.05) is 13.1 Å². The molecule has 0 spiro atoms. The molecule has 0 saturated heterocycles. The van der Waals surface area contributed by atoms with Crippen LogP contribution in [0.15, 0.2) is 18.2 Å². The van der Waals surface area contributed by atoms with Crippen LogP contribution in [0.25, 0.3) is 0 Å². The van der Waals surface area contributed by atoms with E-state index < -0.39 is 0 Å². The van der Waals surface area contributed by atoms with Crippen LogP contribution < -0.4 is 10.6 Å². The number of hydrogen-bond acceptors (Lipinski definition) is 3. The molecule has 2 aromatic rings. The summed E-state index contributed by atoms with van der Waals surface area (Å²) in [4.78, 5) is 12.6. The van der Waals surface area contributed by atoms with Crippen molar-refractivity contribution in [3.05, 3.63) is 46.5 Å². The average molecular weight is 367 g/mol. The molecule has 3 rings (SSSR count). The number of nitrogens with zero attached hydrogens (tertiary/aromatic N) is 2. The van der Waals surface area contributed by atoms with Crippen LogP contribution in [-0.2, 0) is 19.5 Å². The third kappa shape index (κ3) is 3.85. The van der Waals surface area contributed by atoms with Gasteiger partial charge in [-0.3, -0.25) is 9.48 Å². The number of nitrogens with one attached hydrogen (secondary N) is 2. The molecule has 136 valence electrons. The van der Waals surface area contributed by atoms with Crippen LogP contribution in [0.1, 0.15) is 54.0 Å². The van der Waals surface area contributed by atoms with Gasteiger partial charge in [0.15, 0.2) is 0 Å². The first-order valence-corrected chi connectivity index (χ1v) is 8.41. The molecule has 2 heterocycles. The molecule has 25 heavy (non-hydrogen) atoms. The maximum atomic E-state index is 14.7. The molecular weight excluding hydrogens is 343 g/mol. The predicted octanol–water partition coefficient (Wildman–Crippen LogP) is 3.49. The lowest BCUT2D eigenvalue weighted by Crippen LogP contribution is -2.25. The van der Waals surface area contributed by atoms with Crippen LogP contribution in [-0.4, -0.2) is 22.2 Å². The smallest absolute Gasteiger partial charge is 0.274 e. The summed E-state index contributed by atoms with van der Waals surface area (Å²) in [5.74, 6) is -0.421. The molecule has 0 bridgehead atoms. The third-order valence-electron chi connectivity index (χ3n) is 4.38. The van der Waals surface area contributed by atoms with Crippen molar-refractivity contribution in [1.82, 2.24) is 15.1 Å². The lowest BCUT2D eigenvalue weighted by atomic mass is 9.99. The Kier molecular flexibility index (Phi) is 6.19. The molecule has 1 aliphatic heterocycles. The molecule has 0 fully saturated rings. The minimum Gasteiger partial charge on any atom is -0.318 e. The average Bonchev–Trinajstić information content (AvgIpc) is 3.02. The number of fused-ring (bicyclic) bond motifs is 1. The fourth-order valence-corrected chi connectivity index (χ4v) is 2.96. The van der Waals surface area contributed by atoms with E-state index in [0.29, 0.717) is 30.8 Å². The van der Waals surface area contributed by atoms with E-state index in [1.807, 2.05) is 26.8 Å². The summed E-state index contributed by atoms with van der Waals surface area (Å²) < 4.78 is 16.3. The fourth-order valence-electron chi connectivity index (χ4n) is 2.96. The van der Waals surface area contributed by atoms with Crippen LogP contribution in [0, 0.1) is 5.82 Å². The molecule has 0 unspecified atom stereocenters. The van der Waals surface area contributed by atoms with E-state index in [0.717, 1.165) is 17.8 Å². The van der Waals surface area contributed by atoms with Crippen LogP contribution >= 0.6 is 12.4 Å². The number of carbonyl (C=O) groups excluding carboxylic acids is 1. The fraction of sp³-hybridized carbons (Fsp3) is 0.444. The molecular formula is C18H24ClFN4O. The predicted molar refractivity (Wildman–Crippen MR) is 99.0 cm³/mol. The van der Waals surface area contributed by atoms with E-state index in [4.69, 9.17) is 0 Å². The van der Waals surface area contributed by atoms with E-state index in [1.165, 1.54) is 0 Å². The summed E-state index contributed by atoms with van der Waals surface area (Å²) in [5, 5.41) is 10.4. The first kappa shape index (κ1) is 19.4. The first-order valence-electron chi connectivity index (χ1n) is 8.41. The maximum Gasteiger partial charge on any atom is 0.274 e. The molecule has 5 nitrogen and oxygen atoms in total. The highest BCUT2D eigenvalue weighted by molar-refractivity contribution is 6.03. The Hall–Kier alpha value is -1.92. The van der Waals surface area contributed by atoms with Crippen molar-refractivity contribution in [2.75, 3.05) is 11.9 Å². The Labute approximate surface area is 153 Å². The lowest BCUT2D eigenvalue weighted by Gasteiger charge is -2.19. The van der Waals surface area contributed by atoms with Gasteiger partial charge in [0.25, 0.3) is 5.91 Å². The Morgan fingerprint density at radius 1 is 1.44 bits per heavy atom. The van der Waals surface area contributed by atoms with Crippen LogP contribution in [0.4, 0.5) is 10.1 Å². The van der Waals surface area contributed by atoms with Crippen molar-refractivity contribution in [3.63, 3.8) is 0 Å². The number of anilines is 1. The minimum atomic E-state index is -0.330. The van der Waals surface area contributed by atoms with Crippen LogP contribution in [0.2, 0.25) is 0 Å². The lowest BCUT2D eigenvalue weighted by molar-refractivity contribution is 0.101. The van der Waals surface area contributed by atoms with Crippen molar-refractivity contribution in [3.8, 4) is 0 Å². The Morgan fingerprint density at radius 3 is 2.88 bits per heavy atom. The summed E-state index contributed by atoms with van der Waals surface area (Å²) >= 11 is 0. The third-order valence-corrected chi connectivity index (χ3v) is 4.38. The van der Waals surface area contributed by atoms with E-state index in [-0.39, 0.29) is 35.7 Å². The van der Waals surface area contributed by atoms with Gasteiger partial charge in [-0.05, 0) is 49.1 Å². The number of rotatable bonds is 4. The molecule has 7 heteroatoms. The normalized spacial score (nSPS) is 13.3. The Bertz CT molecular complexity index is 773. The van der Waals surface area contributed by atoms with Crippen molar-refractivity contribution in [1.29, 1.82) is 0 Å². The van der Waals surface area contributed by atoms with Gasteiger partial charge in [-0.25, -0.2) is 4.39 Å². The molecule has 0 radical (unpaired) electrons. The van der Waals surface area contributed by atoms with Crippen molar-refractivity contribution >= 4 is 24.0 Å². The second-order valence-electron chi connectivity index (χ2n) is 6.37. The molecule has 0 aliphatic carbocycles. The minimum absolute atomic E-state index is 0. The molecule has 0 saturated carbocycles. The Morgan fingerprint density at radius 2 is 2.20 bits per heavy atom. The second kappa shape index (κ2) is 7.97. The molecule has 1 aromatic heterocycles. The van der Waals surface area contributed by atoms with Gasteiger partial charge >= 0.3 is 0 Å². The highest BCUT2D eigenvalue weighted by Gasteiger charge is 2.20. The summed E-state index contributed by atoms with van der Waals surface area (Å²) in [6, 6.07) is 5.29. The SMILES string of the molecule is CCn1nc(C(C)C)cc1C(=O)Nc1ccc2c(c1F)CCNC2.Cl. The van der Waals surface area contributed by atoms with Crippen LogP contribution in [0.5, 0.6) is 0 Å². The Balaban J connectivity index is 0.00000225. The molecule has 1 aromatic carbocycles. The number of amides is 1. The summed E-state index contributed by atoms with van der Waals surface area (Å²) in [7, 11) is 0. The van der Waals surface area contributed by atoms with Gasteiger partial charge in [0.05, 0.1) is 11.4 Å². The van der Waals surface area contributed by atoms with E-state index in [9.17, 15) is 9.18 Å². The first-order chi connectivity index (χ1) is 11.5. The maximum absolute atomic E-state index is 14.7.